The van der Waals surface area contributed by atoms with Crippen molar-refractivity contribution < 1.29 is 23.9 Å². The lowest BCUT2D eigenvalue weighted by Crippen LogP contribution is -2.57. The van der Waals surface area contributed by atoms with Crippen LogP contribution in [0.4, 0.5) is 4.39 Å². The van der Waals surface area contributed by atoms with Crippen molar-refractivity contribution >= 4 is 17.8 Å². The molecule has 1 N–H and O–H groups in total. The maximum atomic E-state index is 13.8. The van der Waals surface area contributed by atoms with Gasteiger partial charge in [-0.15, -0.1) is 0 Å². The van der Waals surface area contributed by atoms with E-state index in [0.29, 0.717) is 24.1 Å². The summed E-state index contributed by atoms with van der Waals surface area (Å²) in [6.07, 6.45) is 2.01. The average Bonchev–Trinajstić information content (AvgIpc) is 3.08. The van der Waals surface area contributed by atoms with Gasteiger partial charge in [-0.3, -0.25) is 14.4 Å². The molecule has 7 heteroatoms. The van der Waals surface area contributed by atoms with E-state index in [0.717, 1.165) is 12.8 Å². The second-order valence-electron chi connectivity index (χ2n) is 8.79. The Balaban J connectivity index is 1.82. The number of likely N-dealkylation sites (tertiary alicyclic amines) is 2. The highest BCUT2D eigenvalue weighted by atomic mass is 19.1. The van der Waals surface area contributed by atoms with Gasteiger partial charge in [0.1, 0.15) is 11.4 Å². The lowest BCUT2D eigenvalue weighted by Gasteiger charge is -2.41. The molecule has 2 aliphatic heterocycles. The Hall–Kier alpha value is -3.22. The fourth-order valence-electron chi connectivity index (χ4n) is 5.27. The van der Waals surface area contributed by atoms with E-state index in [-0.39, 0.29) is 24.7 Å². The van der Waals surface area contributed by atoms with E-state index in [2.05, 4.69) is 0 Å². The SMILES string of the molecule is CN1CCCC[C@]2(C[C@H](C(=O)O)[C@H](c3ccccc3)N2C(=O)Cc2ccc(F)cc2)C1=O. The zero-order valence-electron chi connectivity index (χ0n) is 18.0. The highest BCUT2D eigenvalue weighted by Crippen LogP contribution is 2.51. The first kappa shape index (κ1) is 22.0. The van der Waals surface area contributed by atoms with Gasteiger partial charge in [-0.05, 0) is 48.9 Å². The second kappa shape index (κ2) is 8.73. The van der Waals surface area contributed by atoms with Crippen LogP contribution in [0.15, 0.2) is 54.6 Å². The summed E-state index contributed by atoms with van der Waals surface area (Å²) in [4.78, 5) is 42.9. The van der Waals surface area contributed by atoms with Gasteiger partial charge in [-0.2, -0.15) is 0 Å². The molecule has 2 amide bonds. The van der Waals surface area contributed by atoms with Crippen LogP contribution in [-0.4, -0.2) is 51.8 Å². The molecule has 0 aliphatic carbocycles. The number of rotatable bonds is 4. The van der Waals surface area contributed by atoms with Crippen molar-refractivity contribution in [3.8, 4) is 0 Å². The maximum Gasteiger partial charge on any atom is 0.309 e. The number of likely N-dealkylation sites (N-methyl/N-ethyl adjacent to an activating group) is 1. The average molecular weight is 438 g/mol. The van der Waals surface area contributed by atoms with Gasteiger partial charge in [0.05, 0.1) is 18.4 Å². The largest absolute Gasteiger partial charge is 0.481 e. The molecule has 2 saturated heterocycles. The standard InChI is InChI=1S/C25H27FN2O4/c1-27-14-6-5-13-25(24(27)32)16-20(23(30)31)22(18-7-3-2-4-8-18)28(25)21(29)15-17-9-11-19(26)12-10-17/h2-4,7-12,20,22H,5-6,13-16H2,1H3,(H,30,31)/t20-,22-,25-/m0/s1. The van der Waals surface area contributed by atoms with Crippen LogP contribution in [-0.2, 0) is 20.8 Å². The monoisotopic (exact) mass is 438 g/mol. The van der Waals surface area contributed by atoms with E-state index in [4.69, 9.17) is 0 Å². The number of aliphatic carboxylic acids is 1. The summed E-state index contributed by atoms with van der Waals surface area (Å²) < 4.78 is 13.4. The fraction of sp³-hybridized carbons (Fsp3) is 0.400. The minimum atomic E-state index is -1.20. The Bertz CT molecular complexity index is 1010. The number of carboxylic acid groups (broad SMARTS) is 1. The minimum Gasteiger partial charge on any atom is -0.481 e. The van der Waals surface area contributed by atoms with Crippen LogP contribution in [0.1, 0.15) is 42.9 Å². The molecule has 168 valence electrons. The van der Waals surface area contributed by atoms with Gasteiger partial charge in [0.15, 0.2) is 0 Å². The van der Waals surface area contributed by atoms with Gasteiger partial charge < -0.3 is 14.9 Å². The van der Waals surface area contributed by atoms with E-state index >= 15 is 0 Å². The van der Waals surface area contributed by atoms with Crippen molar-refractivity contribution in [2.24, 2.45) is 5.92 Å². The molecular formula is C25H27FN2O4. The van der Waals surface area contributed by atoms with E-state index in [1.54, 1.807) is 29.0 Å². The van der Waals surface area contributed by atoms with Gasteiger partial charge in [-0.25, -0.2) is 4.39 Å². The summed E-state index contributed by atoms with van der Waals surface area (Å²) >= 11 is 0. The van der Waals surface area contributed by atoms with Crippen LogP contribution in [0.2, 0.25) is 0 Å². The second-order valence-corrected chi connectivity index (χ2v) is 8.79. The van der Waals surface area contributed by atoms with Crippen molar-refractivity contribution in [1.29, 1.82) is 0 Å². The van der Waals surface area contributed by atoms with Crippen LogP contribution in [0.25, 0.3) is 0 Å². The molecule has 0 radical (unpaired) electrons. The molecule has 2 aromatic rings. The van der Waals surface area contributed by atoms with Crippen molar-refractivity contribution in [2.45, 2.75) is 43.7 Å². The van der Waals surface area contributed by atoms with Crippen LogP contribution < -0.4 is 0 Å². The number of nitrogens with zero attached hydrogens (tertiary/aromatic N) is 2. The lowest BCUT2D eigenvalue weighted by molar-refractivity contribution is -0.152. The number of hydrogen-bond donors (Lipinski definition) is 1. The number of carbonyl (C=O) groups excluding carboxylic acids is 2. The van der Waals surface area contributed by atoms with E-state index in [1.165, 1.54) is 12.1 Å². The van der Waals surface area contributed by atoms with Gasteiger partial charge in [-0.1, -0.05) is 42.5 Å². The van der Waals surface area contributed by atoms with E-state index < -0.39 is 29.3 Å². The molecule has 0 unspecified atom stereocenters. The number of benzene rings is 2. The molecule has 2 aliphatic rings. The molecule has 0 aromatic heterocycles. The zero-order valence-corrected chi connectivity index (χ0v) is 18.0. The number of halogens is 1. The van der Waals surface area contributed by atoms with Gasteiger partial charge >= 0.3 is 5.97 Å². The van der Waals surface area contributed by atoms with Crippen molar-refractivity contribution in [1.82, 2.24) is 9.80 Å². The lowest BCUT2D eigenvalue weighted by atomic mass is 9.85. The fourth-order valence-corrected chi connectivity index (χ4v) is 5.27. The Kier molecular flexibility index (Phi) is 6.00. The van der Waals surface area contributed by atoms with Crippen molar-refractivity contribution in [2.75, 3.05) is 13.6 Å². The van der Waals surface area contributed by atoms with Gasteiger partial charge in [0.25, 0.3) is 0 Å². The third-order valence-corrected chi connectivity index (χ3v) is 6.75. The smallest absolute Gasteiger partial charge is 0.309 e. The van der Waals surface area contributed by atoms with E-state index in [1.807, 2.05) is 30.3 Å². The van der Waals surface area contributed by atoms with Gasteiger partial charge in [0, 0.05) is 13.6 Å². The van der Waals surface area contributed by atoms with Gasteiger partial charge in [0.2, 0.25) is 11.8 Å². The first-order chi connectivity index (χ1) is 15.3. The first-order valence-corrected chi connectivity index (χ1v) is 10.9. The predicted octanol–water partition coefficient (Wildman–Crippen LogP) is 3.42. The molecular weight excluding hydrogens is 411 g/mol. The molecule has 6 nitrogen and oxygen atoms in total. The molecule has 0 saturated carbocycles. The first-order valence-electron chi connectivity index (χ1n) is 10.9. The summed E-state index contributed by atoms with van der Waals surface area (Å²) in [6, 6.07) is 14.0. The Morgan fingerprint density at radius 1 is 1.09 bits per heavy atom. The highest BCUT2D eigenvalue weighted by molar-refractivity contribution is 5.95. The number of hydrogen-bond acceptors (Lipinski definition) is 3. The zero-order chi connectivity index (χ0) is 22.9. The Labute approximate surface area is 186 Å². The predicted molar refractivity (Wildman–Crippen MR) is 116 cm³/mol. The third-order valence-electron chi connectivity index (χ3n) is 6.75. The summed E-state index contributed by atoms with van der Waals surface area (Å²) in [6.45, 7) is 0.578. The normalized spacial score (nSPS) is 25.8. The summed E-state index contributed by atoms with van der Waals surface area (Å²) in [5, 5.41) is 10.1. The van der Waals surface area contributed by atoms with Crippen molar-refractivity contribution in [3.05, 3.63) is 71.5 Å². The molecule has 32 heavy (non-hydrogen) atoms. The quantitative estimate of drug-likeness (QED) is 0.794. The Morgan fingerprint density at radius 2 is 1.78 bits per heavy atom. The number of carboxylic acids is 1. The van der Waals surface area contributed by atoms with Crippen LogP contribution >= 0.6 is 0 Å². The topological polar surface area (TPSA) is 77.9 Å². The molecule has 1 spiro atoms. The molecule has 2 heterocycles. The third kappa shape index (κ3) is 3.87. The summed E-state index contributed by atoms with van der Waals surface area (Å²) in [5.41, 5.74) is 0.113. The minimum absolute atomic E-state index is 0.0330. The molecule has 2 aromatic carbocycles. The molecule has 3 atom stereocenters. The number of amides is 2. The maximum absolute atomic E-state index is 13.8. The summed E-state index contributed by atoms with van der Waals surface area (Å²) in [7, 11) is 1.71. The molecule has 0 bridgehead atoms. The van der Waals surface area contributed by atoms with Crippen LogP contribution in [0.5, 0.6) is 0 Å². The van der Waals surface area contributed by atoms with Crippen LogP contribution in [0, 0.1) is 11.7 Å². The Morgan fingerprint density at radius 3 is 2.44 bits per heavy atom. The van der Waals surface area contributed by atoms with E-state index in [9.17, 15) is 23.9 Å². The van der Waals surface area contributed by atoms with Crippen LogP contribution in [0.3, 0.4) is 0 Å². The molecule has 4 rings (SSSR count). The summed E-state index contributed by atoms with van der Waals surface area (Å²) in [5.74, 6) is -2.84. The highest BCUT2D eigenvalue weighted by Gasteiger charge is 2.60. The van der Waals surface area contributed by atoms with Crippen molar-refractivity contribution in [3.63, 3.8) is 0 Å². The molecule has 2 fully saturated rings. The number of carbonyl (C=O) groups is 3.